The van der Waals surface area contributed by atoms with E-state index in [0.29, 0.717) is 24.6 Å². The molecule has 124 valence electrons. The van der Waals surface area contributed by atoms with Crippen LogP contribution in [0.3, 0.4) is 0 Å². The minimum absolute atomic E-state index is 0. The molecule has 0 aliphatic heterocycles. The van der Waals surface area contributed by atoms with Crippen LogP contribution in [-0.2, 0) is 4.79 Å². The molecule has 6 heteroatoms. The normalized spacial score (nSPS) is 16.4. The molecule has 1 aromatic carbocycles. The van der Waals surface area contributed by atoms with Crippen molar-refractivity contribution in [2.75, 3.05) is 13.2 Å². The molecule has 2 atom stereocenters. The highest BCUT2D eigenvalue weighted by Gasteiger charge is 2.22. The molecule has 0 heterocycles. The van der Waals surface area contributed by atoms with Crippen molar-refractivity contribution in [3.05, 3.63) is 29.6 Å². The zero-order valence-corrected chi connectivity index (χ0v) is 13.8. The topological polar surface area (TPSA) is 64.4 Å². The van der Waals surface area contributed by atoms with Gasteiger partial charge < -0.3 is 15.8 Å². The van der Waals surface area contributed by atoms with E-state index in [9.17, 15) is 9.18 Å². The van der Waals surface area contributed by atoms with E-state index in [2.05, 4.69) is 5.32 Å². The number of carbonyl (C=O) groups is 1. The first kappa shape index (κ1) is 18.7. The Morgan fingerprint density at radius 3 is 2.68 bits per heavy atom. The van der Waals surface area contributed by atoms with E-state index in [0.717, 1.165) is 0 Å². The summed E-state index contributed by atoms with van der Waals surface area (Å²) in [6, 6.07) is 4.56. The van der Waals surface area contributed by atoms with Gasteiger partial charge in [-0.05, 0) is 43.4 Å². The number of carbonyl (C=O) groups excluding carboxylic acids is 1. The van der Waals surface area contributed by atoms with Crippen molar-refractivity contribution in [3.8, 4) is 5.75 Å². The lowest BCUT2D eigenvalue weighted by Gasteiger charge is -2.18. The summed E-state index contributed by atoms with van der Waals surface area (Å²) in [4.78, 5) is 11.8. The van der Waals surface area contributed by atoms with Gasteiger partial charge in [0.2, 0.25) is 5.91 Å². The zero-order valence-electron chi connectivity index (χ0n) is 13.0. The molecular formula is C16H24ClFN2O2. The van der Waals surface area contributed by atoms with Gasteiger partial charge in [-0.25, -0.2) is 4.39 Å². The van der Waals surface area contributed by atoms with Gasteiger partial charge in [0.25, 0.3) is 0 Å². The van der Waals surface area contributed by atoms with Crippen molar-refractivity contribution in [2.24, 2.45) is 17.6 Å². The molecule has 0 saturated heterocycles. The monoisotopic (exact) mass is 330 g/mol. The molecule has 0 bridgehead atoms. The largest absolute Gasteiger partial charge is 0.490 e. The molecule has 0 aromatic heterocycles. The molecular weight excluding hydrogens is 307 g/mol. The molecule has 1 amide bonds. The third-order valence-corrected chi connectivity index (χ3v) is 3.79. The van der Waals surface area contributed by atoms with Crippen molar-refractivity contribution in [3.63, 3.8) is 0 Å². The average Bonchev–Trinajstić information content (AvgIpc) is 3.29. The summed E-state index contributed by atoms with van der Waals surface area (Å²) in [5, 5.41) is 2.83. The maximum absolute atomic E-state index is 14.0. The van der Waals surface area contributed by atoms with E-state index in [1.807, 2.05) is 6.92 Å². The number of hydrogen-bond donors (Lipinski definition) is 2. The first-order chi connectivity index (χ1) is 10.0. The lowest BCUT2D eigenvalue weighted by atomic mass is 10.1. The van der Waals surface area contributed by atoms with Gasteiger partial charge in [-0.2, -0.15) is 0 Å². The van der Waals surface area contributed by atoms with Gasteiger partial charge in [0.15, 0.2) is 11.6 Å². The number of benzene rings is 1. The lowest BCUT2D eigenvalue weighted by Crippen LogP contribution is -2.34. The van der Waals surface area contributed by atoms with Crippen LogP contribution in [0.4, 0.5) is 4.39 Å². The highest BCUT2D eigenvalue weighted by atomic mass is 35.5. The van der Waals surface area contributed by atoms with E-state index in [-0.39, 0.29) is 41.8 Å². The molecule has 4 nitrogen and oxygen atoms in total. The fourth-order valence-electron chi connectivity index (χ4n) is 1.94. The van der Waals surface area contributed by atoms with Gasteiger partial charge >= 0.3 is 0 Å². The Morgan fingerprint density at radius 1 is 1.45 bits per heavy atom. The Labute approximate surface area is 137 Å². The van der Waals surface area contributed by atoms with Crippen molar-refractivity contribution < 1.29 is 13.9 Å². The smallest absolute Gasteiger partial charge is 0.224 e. The second-order valence-electron chi connectivity index (χ2n) is 5.81. The quantitative estimate of drug-likeness (QED) is 0.808. The Kier molecular flexibility index (Phi) is 7.10. The molecule has 0 spiro atoms. The van der Waals surface area contributed by atoms with Crippen LogP contribution in [0, 0.1) is 17.7 Å². The third kappa shape index (κ3) is 5.14. The summed E-state index contributed by atoms with van der Waals surface area (Å²) in [6.07, 6.45) is 2.34. The fraction of sp³-hybridized carbons (Fsp3) is 0.562. The van der Waals surface area contributed by atoms with Crippen LogP contribution in [0.1, 0.15) is 38.3 Å². The summed E-state index contributed by atoms with van der Waals surface area (Å²) in [5.74, 6) is 0.0959. The number of ether oxygens (including phenoxy) is 1. The van der Waals surface area contributed by atoms with Gasteiger partial charge in [0.1, 0.15) is 0 Å². The third-order valence-electron chi connectivity index (χ3n) is 3.79. The van der Waals surface area contributed by atoms with Crippen LogP contribution in [0.2, 0.25) is 0 Å². The summed E-state index contributed by atoms with van der Waals surface area (Å²) in [5.41, 5.74) is 6.17. The van der Waals surface area contributed by atoms with E-state index < -0.39 is 0 Å². The Bertz CT molecular complexity index is 509. The Morgan fingerprint density at radius 2 is 2.14 bits per heavy atom. The summed E-state index contributed by atoms with van der Waals surface area (Å²) < 4.78 is 19.4. The van der Waals surface area contributed by atoms with Crippen LogP contribution in [0.25, 0.3) is 0 Å². The van der Waals surface area contributed by atoms with Crippen molar-refractivity contribution >= 4 is 18.3 Å². The Hall–Kier alpha value is -1.33. The highest BCUT2D eigenvalue weighted by Crippen LogP contribution is 2.30. The molecule has 1 fully saturated rings. The Balaban J connectivity index is 0.00000242. The summed E-state index contributed by atoms with van der Waals surface area (Å²) in [6.45, 7) is 4.45. The number of halogens is 2. The predicted molar refractivity (Wildman–Crippen MR) is 86.6 cm³/mol. The molecule has 1 aromatic rings. The molecule has 1 saturated carbocycles. The maximum Gasteiger partial charge on any atom is 0.224 e. The van der Waals surface area contributed by atoms with E-state index >= 15 is 0 Å². The maximum atomic E-state index is 14.0. The van der Waals surface area contributed by atoms with Gasteiger partial charge in [-0.15, -0.1) is 12.4 Å². The first-order valence-corrected chi connectivity index (χ1v) is 7.44. The lowest BCUT2D eigenvalue weighted by molar-refractivity contribution is -0.124. The average molecular weight is 331 g/mol. The number of nitrogens with one attached hydrogen (secondary N) is 1. The standard InChI is InChI=1S/C16H23FN2O2.ClH/c1-10(8-18)16(20)19-11(2)13-5-6-15(14(17)7-13)21-9-12-3-4-12;/h5-7,10-12H,3-4,8-9,18H2,1-2H3,(H,19,20);1H. The molecule has 2 unspecified atom stereocenters. The van der Waals surface area contributed by atoms with Gasteiger partial charge in [0.05, 0.1) is 12.6 Å². The molecule has 2 rings (SSSR count). The molecule has 3 N–H and O–H groups in total. The number of nitrogens with two attached hydrogens (primary N) is 1. The van der Waals surface area contributed by atoms with Gasteiger partial charge in [0, 0.05) is 12.5 Å². The van der Waals surface area contributed by atoms with E-state index in [1.54, 1.807) is 19.1 Å². The van der Waals surface area contributed by atoms with Crippen LogP contribution >= 0.6 is 12.4 Å². The summed E-state index contributed by atoms with van der Waals surface area (Å²) >= 11 is 0. The zero-order chi connectivity index (χ0) is 15.4. The van der Waals surface area contributed by atoms with Crippen LogP contribution in [0.5, 0.6) is 5.75 Å². The van der Waals surface area contributed by atoms with E-state index in [4.69, 9.17) is 10.5 Å². The minimum atomic E-state index is -0.388. The number of rotatable bonds is 7. The minimum Gasteiger partial charge on any atom is -0.490 e. The first-order valence-electron chi connectivity index (χ1n) is 7.44. The fourth-order valence-corrected chi connectivity index (χ4v) is 1.94. The molecule has 0 radical (unpaired) electrons. The van der Waals surface area contributed by atoms with E-state index in [1.165, 1.54) is 18.9 Å². The number of hydrogen-bond acceptors (Lipinski definition) is 3. The molecule has 22 heavy (non-hydrogen) atoms. The predicted octanol–water partition coefficient (Wildman–Crippen LogP) is 2.81. The van der Waals surface area contributed by atoms with Crippen LogP contribution in [-0.4, -0.2) is 19.1 Å². The molecule has 1 aliphatic carbocycles. The highest BCUT2D eigenvalue weighted by molar-refractivity contribution is 5.85. The molecule has 1 aliphatic rings. The van der Waals surface area contributed by atoms with Gasteiger partial charge in [-0.1, -0.05) is 13.0 Å². The van der Waals surface area contributed by atoms with Crippen LogP contribution in [0.15, 0.2) is 18.2 Å². The SMILES string of the molecule is CC(CN)C(=O)NC(C)c1ccc(OCC2CC2)c(F)c1.Cl. The summed E-state index contributed by atoms with van der Waals surface area (Å²) in [7, 11) is 0. The second kappa shape index (κ2) is 8.34. The van der Waals surface area contributed by atoms with Gasteiger partial charge in [-0.3, -0.25) is 4.79 Å². The van der Waals surface area contributed by atoms with Crippen molar-refractivity contribution in [1.82, 2.24) is 5.32 Å². The number of amides is 1. The second-order valence-corrected chi connectivity index (χ2v) is 5.81. The van der Waals surface area contributed by atoms with Crippen LogP contribution < -0.4 is 15.8 Å². The van der Waals surface area contributed by atoms with Crippen molar-refractivity contribution in [2.45, 2.75) is 32.7 Å². The van der Waals surface area contributed by atoms with Crippen molar-refractivity contribution in [1.29, 1.82) is 0 Å².